The number of amides is 1. The van der Waals surface area contributed by atoms with Gasteiger partial charge in [0, 0.05) is 43.7 Å². The summed E-state index contributed by atoms with van der Waals surface area (Å²) in [6, 6.07) is 7.63. The topological polar surface area (TPSA) is 92.2 Å². The van der Waals surface area contributed by atoms with Gasteiger partial charge in [-0.1, -0.05) is 0 Å². The molecule has 0 aliphatic carbocycles. The molecule has 156 valence electrons. The summed E-state index contributed by atoms with van der Waals surface area (Å²) in [4.78, 5) is 30.3. The Morgan fingerprint density at radius 1 is 1.27 bits per heavy atom. The number of hydrogen-bond donors (Lipinski definition) is 2. The molecule has 30 heavy (non-hydrogen) atoms. The van der Waals surface area contributed by atoms with E-state index in [9.17, 15) is 9.59 Å². The Hall–Kier alpha value is -3.55. The summed E-state index contributed by atoms with van der Waals surface area (Å²) in [5.41, 5.74) is 5.07. The molecule has 2 N–H and O–H groups in total. The third-order valence-electron chi connectivity index (χ3n) is 5.43. The normalized spacial score (nSPS) is 13.0. The third kappa shape index (κ3) is 3.56. The van der Waals surface area contributed by atoms with Crippen molar-refractivity contribution in [3.8, 4) is 17.0 Å². The molecule has 1 amide bonds. The molecule has 4 rings (SSSR count). The van der Waals surface area contributed by atoms with Crippen molar-refractivity contribution in [2.24, 2.45) is 7.05 Å². The summed E-state index contributed by atoms with van der Waals surface area (Å²) in [6.07, 6.45) is 1.72. The summed E-state index contributed by atoms with van der Waals surface area (Å²) < 4.78 is 7.64. The molecule has 1 aliphatic rings. The fraction of sp³-hybridized carbons (Fsp3) is 0.318. The molecule has 0 bridgehead atoms. The molecule has 1 aromatic carbocycles. The van der Waals surface area contributed by atoms with Crippen LogP contribution in [0.15, 0.2) is 35.3 Å². The highest BCUT2D eigenvalue weighted by Crippen LogP contribution is 2.38. The lowest BCUT2D eigenvalue weighted by Gasteiger charge is -2.29. The second kappa shape index (κ2) is 7.70. The van der Waals surface area contributed by atoms with Gasteiger partial charge in [0.1, 0.15) is 6.61 Å². The van der Waals surface area contributed by atoms with Crippen molar-refractivity contribution < 1.29 is 9.53 Å². The van der Waals surface area contributed by atoms with E-state index in [1.807, 2.05) is 52.2 Å². The van der Waals surface area contributed by atoms with Gasteiger partial charge in [0.25, 0.3) is 11.5 Å². The van der Waals surface area contributed by atoms with Crippen molar-refractivity contribution in [1.82, 2.24) is 20.1 Å². The van der Waals surface area contributed by atoms with E-state index in [0.29, 0.717) is 23.5 Å². The zero-order valence-corrected chi connectivity index (χ0v) is 17.6. The monoisotopic (exact) mass is 407 g/mol. The molecule has 0 atom stereocenters. The van der Waals surface area contributed by atoms with Gasteiger partial charge in [-0.25, -0.2) is 0 Å². The number of nitrogens with zero attached hydrogens (tertiary/aromatic N) is 3. The zero-order valence-electron chi connectivity index (χ0n) is 17.6. The molecule has 0 unspecified atom stereocenters. The van der Waals surface area contributed by atoms with Gasteiger partial charge >= 0.3 is 0 Å². The molecular weight excluding hydrogens is 382 g/mol. The van der Waals surface area contributed by atoms with Gasteiger partial charge in [-0.2, -0.15) is 5.10 Å². The first-order chi connectivity index (χ1) is 14.3. The van der Waals surface area contributed by atoms with E-state index in [-0.39, 0.29) is 18.0 Å². The van der Waals surface area contributed by atoms with Gasteiger partial charge in [-0.05, 0) is 43.7 Å². The van der Waals surface area contributed by atoms with E-state index in [1.54, 1.807) is 10.9 Å². The molecule has 0 radical (unpaired) electrons. The quantitative estimate of drug-likeness (QED) is 0.691. The van der Waals surface area contributed by atoms with Crippen molar-refractivity contribution >= 4 is 11.6 Å². The molecule has 0 spiro atoms. The van der Waals surface area contributed by atoms with Crippen molar-refractivity contribution in [3.63, 3.8) is 0 Å². The average Bonchev–Trinajstić information content (AvgIpc) is 3.12. The minimum Gasteiger partial charge on any atom is -0.489 e. The number of fused-ring (bicyclic) bond motifs is 1. The molecule has 8 nitrogen and oxygen atoms in total. The Bertz CT molecular complexity index is 1180. The Morgan fingerprint density at radius 3 is 2.77 bits per heavy atom. The van der Waals surface area contributed by atoms with Crippen LogP contribution in [0.3, 0.4) is 0 Å². The van der Waals surface area contributed by atoms with Crippen LogP contribution >= 0.6 is 0 Å². The number of rotatable bonds is 4. The average molecular weight is 407 g/mol. The van der Waals surface area contributed by atoms with Gasteiger partial charge in [-0.3, -0.25) is 14.3 Å². The minimum absolute atomic E-state index is 0.140. The molecule has 8 heteroatoms. The first-order valence-electron chi connectivity index (χ1n) is 9.83. The smallest absolute Gasteiger partial charge is 0.255 e. The highest BCUT2D eigenvalue weighted by atomic mass is 16.5. The number of nitrogens with one attached hydrogen (secondary N) is 2. The van der Waals surface area contributed by atoms with Gasteiger partial charge in [0.2, 0.25) is 0 Å². The Balaban J connectivity index is 1.71. The van der Waals surface area contributed by atoms with Gasteiger partial charge < -0.3 is 19.9 Å². The summed E-state index contributed by atoms with van der Waals surface area (Å²) in [6.45, 7) is 5.08. The van der Waals surface area contributed by atoms with E-state index < -0.39 is 0 Å². The highest BCUT2D eigenvalue weighted by Gasteiger charge is 2.25. The van der Waals surface area contributed by atoms with Crippen molar-refractivity contribution in [2.45, 2.75) is 20.4 Å². The van der Waals surface area contributed by atoms with E-state index >= 15 is 0 Å². The van der Waals surface area contributed by atoms with Gasteiger partial charge in [0.15, 0.2) is 5.75 Å². The predicted octanol–water partition coefficient (Wildman–Crippen LogP) is 2.15. The highest BCUT2D eigenvalue weighted by molar-refractivity contribution is 6.00. The Morgan fingerprint density at radius 2 is 2.07 bits per heavy atom. The van der Waals surface area contributed by atoms with Crippen molar-refractivity contribution in [1.29, 1.82) is 0 Å². The number of carbonyl (C=O) groups excluding carboxylic acids is 1. The predicted molar refractivity (Wildman–Crippen MR) is 115 cm³/mol. The van der Waals surface area contributed by atoms with Crippen LogP contribution in [0.25, 0.3) is 11.3 Å². The number of aromatic amines is 1. The maximum atomic E-state index is 13.1. The van der Waals surface area contributed by atoms with Crippen LogP contribution in [0.1, 0.15) is 27.2 Å². The second-order valence-electron chi connectivity index (χ2n) is 7.61. The maximum absolute atomic E-state index is 13.1. The molecule has 1 aliphatic heterocycles. The largest absolute Gasteiger partial charge is 0.489 e. The molecule has 0 saturated carbocycles. The van der Waals surface area contributed by atoms with E-state index in [2.05, 4.69) is 20.3 Å². The van der Waals surface area contributed by atoms with Gasteiger partial charge in [0.05, 0.1) is 23.5 Å². The third-order valence-corrected chi connectivity index (χ3v) is 5.43. The SMILES string of the molecule is Cc1cc(C)c(CNC(=O)c2cc(-c3ccnn3C)cc3c2OCCN3C)c(=O)[nH]1. The van der Waals surface area contributed by atoms with Crippen LogP contribution < -0.4 is 20.5 Å². The lowest BCUT2D eigenvalue weighted by atomic mass is 10.0. The van der Waals surface area contributed by atoms with E-state index in [0.717, 1.165) is 34.7 Å². The van der Waals surface area contributed by atoms with E-state index in [1.165, 1.54) is 0 Å². The lowest BCUT2D eigenvalue weighted by molar-refractivity contribution is 0.0946. The van der Waals surface area contributed by atoms with Crippen LogP contribution in [-0.2, 0) is 13.6 Å². The number of benzene rings is 1. The van der Waals surface area contributed by atoms with Crippen LogP contribution in [0.4, 0.5) is 5.69 Å². The molecule has 0 fully saturated rings. The number of ether oxygens (including phenoxy) is 1. The number of anilines is 1. The number of likely N-dealkylation sites (N-methyl/N-ethyl adjacent to an activating group) is 1. The molecule has 0 saturated heterocycles. The maximum Gasteiger partial charge on any atom is 0.255 e. The Labute approximate surface area is 174 Å². The number of pyridine rings is 1. The molecule has 2 aromatic heterocycles. The molecule has 3 aromatic rings. The summed E-state index contributed by atoms with van der Waals surface area (Å²) in [5, 5.41) is 7.12. The number of aryl methyl sites for hydroxylation is 3. The second-order valence-corrected chi connectivity index (χ2v) is 7.61. The van der Waals surface area contributed by atoms with Gasteiger partial charge in [-0.15, -0.1) is 0 Å². The summed E-state index contributed by atoms with van der Waals surface area (Å²) >= 11 is 0. The molecule has 3 heterocycles. The van der Waals surface area contributed by atoms with E-state index in [4.69, 9.17) is 4.74 Å². The van der Waals surface area contributed by atoms with Crippen molar-refractivity contribution in [2.75, 3.05) is 25.1 Å². The molecular formula is C22H25N5O3. The first-order valence-corrected chi connectivity index (χ1v) is 9.83. The zero-order chi connectivity index (χ0) is 21.4. The number of H-pyrrole nitrogens is 1. The van der Waals surface area contributed by atoms with Crippen LogP contribution in [0.2, 0.25) is 0 Å². The number of carbonyl (C=O) groups is 1. The summed E-state index contributed by atoms with van der Waals surface area (Å²) in [5.74, 6) is 0.270. The Kier molecular flexibility index (Phi) is 5.07. The fourth-order valence-corrected chi connectivity index (χ4v) is 3.79. The number of aromatic nitrogens is 3. The summed E-state index contributed by atoms with van der Waals surface area (Å²) in [7, 11) is 3.84. The van der Waals surface area contributed by atoms with Crippen LogP contribution in [-0.4, -0.2) is 40.9 Å². The van der Waals surface area contributed by atoms with Crippen LogP contribution in [0, 0.1) is 13.8 Å². The minimum atomic E-state index is -0.287. The fourth-order valence-electron chi connectivity index (χ4n) is 3.79. The lowest BCUT2D eigenvalue weighted by Crippen LogP contribution is -2.32. The first kappa shape index (κ1) is 19.8. The standard InChI is InChI=1S/C22H25N5O3/c1-13-9-14(2)25-22(29)17(13)12-23-21(28)16-10-15(18-5-6-24-27(18)4)11-19-20(16)30-8-7-26(19)3/h5-6,9-11H,7-8,12H2,1-4H3,(H,23,28)(H,25,29). The number of hydrogen-bond acceptors (Lipinski definition) is 5. The van der Waals surface area contributed by atoms with Crippen LogP contribution in [0.5, 0.6) is 5.75 Å². The van der Waals surface area contributed by atoms with Crippen molar-refractivity contribution in [3.05, 3.63) is 63.2 Å².